The number of nitrogens with zero attached hydrogens (tertiary/aromatic N) is 1. The first-order valence-electron chi connectivity index (χ1n) is 6.25. The second kappa shape index (κ2) is 6.80. The molecule has 1 aromatic rings. The van der Waals surface area contributed by atoms with E-state index in [0.717, 1.165) is 4.90 Å². The Balaban J connectivity index is 2.49. The first-order valence-corrected chi connectivity index (χ1v) is 8.84. The highest BCUT2D eigenvalue weighted by Crippen LogP contribution is 2.20. The fraction of sp³-hybridized carbons (Fsp3) is 0.538. The molecule has 0 radical (unpaired) electrons. The van der Waals surface area contributed by atoms with Gasteiger partial charge in [-0.05, 0) is 38.1 Å². The molecule has 0 saturated heterocycles. The summed E-state index contributed by atoms with van der Waals surface area (Å²) < 4.78 is 25.3. The van der Waals surface area contributed by atoms with Crippen LogP contribution in [0.25, 0.3) is 0 Å². The average molecular weight is 318 g/mol. The van der Waals surface area contributed by atoms with Crippen LogP contribution in [0.5, 0.6) is 0 Å². The number of rotatable bonds is 7. The molecule has 0 unspecified atom stereocenters. The lowest BCUT2D eigenvalue weighted by atomic mass is 10.1. The van der Waals surface area contributed by atoms with Crippen molar-refractivity contribution in [1.29, 1.82) is 0 Å². The molecule has 0 aromatic heterocycles. The van der Waals surface area contributed by atoms with Crippen molar-refractivity contribution in [3.05, 3.63) is 24.3 Å². The predicted molar refractivity (Wildman–Crippen MR) is 84.3 cm³/mol. The van der Waals surface area contributed by atoms with Crippen LogP contribution in [0.4, 0.5) is 5.69 Å². The van der Waals surface area contributed by atoms with Crippen molar-refractivity contribution in [3.63, 3.8) is 0 Å². The molecule has 0 amide bonds. The molecule has 0 aliphatic heterocycles. The minimum atomic E-state index is -3.34. The minimum absolute atomic E-state index is 0.0363. The average Bonchev–Trinajstić information content (AvgIpc) is 2.29. The monoisotopic (exact) mass is 318 g/mol. The zero-order valence-corrected chi connectivity index (χ0v) is 13.7. The Bertz CT molecular complexity index is 522. The number of benzene rings is 1. The van der Waals surface area contributed by atoms with Gasteiger partial charge in [0.05, 0.1) is 11.4 Å². The number of thioether (sulfide) groups is 1. The van der Waals surface area contributed by atoms with Gasteiger partial charge >= 0.3 is 0 Å². The number of sulfonamides is 1. The SMILES string of the molecule is CN(CC(C)(C)O)S(=O)(=O)CCSc1ccc(N)cc1. The van der Waals surface area contributed by atoms with Gasteiger partial charge in [0.2, 0.25) is 10.0 Å². The third kappa shape index (κ3) is 6.13. The Morgan fingerprint density at radius 2 is 1.85 bits per heavy atom. The molecule has 0 bridgehead atoms. The molecule has 20 heavy (non-hydrogen) atoms. The second-order valence-corrected chi connectivity index (χ2v) is 8.67. The maximum absolute atomic E-state index is 12.0. The summed E-state index contributed by atoms with van der Waals surface area (Å²) >= 11 is 1.47. The summed E-state index contributed by atoms with van der Waals surface area (Å²) in [6.45, 7) is 3.26. The summed E-state index contributed by atoms with van der Waals surface area (Å²) in [5.74, 6) is 0.497. The van der Waals surface area contributed by atoms with E-state index in [0.29, 0.717) is 11.4 Å². The minimum Gasteiger partial charge on any atom is -0.399 e. The van der Waals surface area contributed by atoms with Gasteiger partial charge in [0.15, 0.2) is 0 Å². The van der Waals surface area contributed by atoms with Gasteiger partial charge in [0, 0.05) is 29.9 Å². The van der Waals surface area contributed by atoms with Gasteiger partial charge in [-0.3, -0.25) is 0 Å². The zero-order chi connectivity index (χ0) is 15.4. The smallest absolute Gasteiger partial charge is 0.214 e. The molecule has 0 atom stereocenters. The largest absolute Gasteiger partial charge is 0.399 e. The normalized spacial score (nSPS) is 12.8. The van der Waals surface area contributed by atoms with Gasteiger partial charge in [-0.15, -0.1) is 11.8 Å². The van der Waals surface area contributed by atoms with Crippen LogP contribution in [0.15, 0.2) is 29.2 Å². The van der Waals surface area contributed by atoms with Gasteiger partial charge in [-0.25, -0.2) is 12.7 Å². The van der Waals surface area contributed by atoms with Crippen molar-refractivity contribution >= 4 is 27.5 Å². The molecule has 0 aliphatic rings. The third-order valence-electron chi connectivity index (χ3n) is 2.57. The van der Waals surface area contributed by atoms with Crippen LogP contribution in [-0.4, -0.2) is 48.5 Å². The number of aliphatic hydroxyl groups is 1. The van der Waals surface area contributed by atoms with E-state index < -0.39 is 15.6 Å². The Hall–Kier alpha value is -0.760. The van der Waals surface area contributed by atoms with Crippen LogP contribution in [-0.2, 0) is 10.0 Å². The van der Waals surface area contributed by atoms with Gasteiger partial charge in [-0.1, -0.05) is 0 Å². The Labute approximate surface area is 125 Å². The van der Waals surface area contributed by atoms with E-state index in [-0.39, 0.29) is 12.3 Å². The molecule has 1 aromatic carbocycles. The van der Waals surface area contributed by atoms with E-state index in [1.807, 2.05) is 12.1 Å². The van der Waals surface area contributed by atoms with Gasteiger partial charge in [0.1, 0.15) is 0 Å². The Morgan fingerprint density at radius 3 is 2.35 bits per heavy atom. The predicted octanol–water partition coefficient (Wildman–Crippen LogP) is 1.39. The van der Waals surface area contributed by atoms with Crippen LogP contribution in [0, 0.1) is 0 Å². The number of hydrogen-bond donors (Lipinski definition) is 2. The van der Waals surface area contributed by atoms with Crippen LogP contribution in [0.2, 0.25) is 0 Å². The van der Waals surface area contributed by atoms with Crippen LogP contribution in [0.1, 0.15) is 13.8 Å². The van der Waals surface area contributed by atoms with E-state index >= 15 is 0 Å². The molecule has 114 valence electrons. The summed E-state index contributed by atoms with van der Waals surface area (Å²) in [4.78, 5) is 0.986. The molecular formula is C13H22N2O3S2. The molecule has 0 saturated carbocycles. The Kier molecular flexibility index (Phi) is 5.88. The topological polar surface area (TPSA) is 83.6 Å². The molecule has 7 heteroatoms. The number of nitrogens with two attached hydrogens (primary N) is 1. The molecule has 0 spiro atoms. The highest BCUT2D eigenvalue weighted by atomic mass is 32.2. The molecular weight excluding hydrogens is 296 g/mol. The highest BCUT2D eigenvalue weighted by molar-refractivity contribution is 8.00. The number of hydrogen-bond acceptors (Lipinski definition) is 5. The van der Waals surface area contributed by atoms with Crippen molar-refractivity contribution in [2.45, 2.75) is 24.3 Å². The van der Waals surface area contributed by atoms with Crippen LogP contribution >= 0.6 is 11.8 Å². The van der Waals surface area contributed by atoms with Crippen LogP contribution < -0.4 is 5.73 Å². The molecule has 0 heterocycles. The first kappa shape index (κ1) is 17.3. The lowest BCUT2D eigenvalue weighted by molar-refractivity contribution is 0.0640. The molecule has 0 aliphatic carbocycles. The Morgan fingerprint density at radius 1 is 1.30 bits per heavy atom. The van der Waals surface area contributed by atoms with Crippen molar-refractivity contribution in [3.8, 4) is 0 Å². The quantitative estimate of drug-likeness (QED) is 0.586. The summed E-state index contributed by atoms with van der Waals surface area (Å²) in [6.07, 6.45) is 0. The molecule has 3 N–H and O–H groups in total. The maximum Gasteiger partial charge on any atom is 0.214 e. The van der Waals surface area contributed by atoms with Crippen molar-refractivity contribution in [1.82, 2.24) is 4.31 Å². The van der Waals surface area contributed by atoms with E-state index in [1.165, 1.54) is 23.1 Å². The second-order valence-electron chi connectivity index (χ2n) is 5.30. The lowest BCUT2D eigenvalue weighted by Gasteiger charge is -2.24. The molecule has 5 nitrogen and oxygen atoms in total. The van der Waals surface area contributed by atoms with Gasteiger partial charge < -0.3 is 10.8 Å². The fourth-order valence-corrected chi connectivity index (χ4v) is 4.19. The van der Waals surface area contributed by atoms with Crippen molar-refractivity contribution in [2.75, 3.05) is 30.8 Å². The summed E-state index contributed by atoms with van der Waals surface area (Å²) in [7, 11) is -1.86. The van der Waals surface area contributed by atoms with Gasteiger partial charge in [-0.2, -0.15) is 0 Å². The molecule has 0 fully saturated rings. The highest BCUT2D eigenvalue weighted by Gasteiger charge is 2.24. The first-order chi connectivity index (χ1) is 9.10. The van der Waals surface area contributed by atoms with Crippen molar-refractivity contribution < 1.29 is 13.5 Å². The summed E-state index contributed by atoms with van der Waals surface area (Å²) in [5, 5.41) is 9.66. The van der Waals surface area contributed by atoms with E-state index in [2.05, 4.69) is 0 Å². The number of nitrogen functional groups attached to an aromatic ring is 1. The summed E-state index contributed by atoms with van der Waals surface area (Å²) in [5.41, 5.74) is 5.24. The van der Waals surface area contributed by atoms with E-state index in [1.54, 1.807) is 26.0 Å². The summed E-state index contributed by atoms with van der Waals surface area (Å²) in [6, 6.07) is 7.31. The maximum atomic E-state index is 12.0. The van der Waals surface area contributed by atoms with Crippen molar-refractivity contribution in [2.24, 2.45) is 0 Å². The molecule has 1 rings (SSSR count). The number of likely N-dealkylation sites (N-methyl/N-ethyl adjacent to an activating group) is 1. The standard InChI is InChI=1S/C13H22N2O3S2/c1-13(2,16)10-15(3)20(17,18)9-8-19-12-6-4-11(14)5-7-12/h4-7,16H,8-10,14H2,1-3H3. The third-order valence-corrected chi connectivity index (χ3v) is 5.65. The fourth-order valence-electron chi connectivity index (χ4n) is 1.63. The number of anilines is 1. The van der Waals surface area contributed by atoms with Crippen LogP contribution in [0.3, 0.4) is 0 Å². The lowest BCUT2D eigenvalue weighted by Crippen LogP contribution is -2.41. The van der Waals surface area contributed by atoms with Gasteiger partial charge in [0.25, 0.3) is 0 Å². The zero-order valence-electron chi connectivity index (χ0n) is 12.0. The van der Waals surface area contributed by atoms with E-state index in [4.69, 9.17) is 5.73 Å². The van der Waals surface area contributed by atoms with E-state index in [9.17, 15) is 13.5 Å².